The fourth-order valence-corrected chi connectivity index (χ4v) is 2.04. The van der Waals surface area contributed by atoms with Crippen molar-refractivity contribution in [1.82, 2.24) is 14.8 Å². The van der Waals surface area contributed by atoms with Gasteiger partial charge in [-0.3, -0.25) is 4.57 Å². The van der Waals surface area contributed by atoms with Gasteiger partial charge in [0, 0.05) is 24.7 Å². The first-order valence-electron chi connectivity index (χ1n) is 4.86. The van der Waals surface area contributed by atoms with Crippen molar-refractivity contribution in [2.24, 2.45) is 7.05 Å². The summed E-state index contributed by atoms with van der Waals surface area (Å²) in [6.45, 7) is 0. The molecule has 0 aliphatic carbocycles. The lowest BCUT2D eigenvalue weighted by atomic mass is 10.1. The van der Waals surface area contributed by atoms with Crippen molar-refractivity contribution in [3.8, 4) is 11.4 Å². The molecule has 0 aliphatic rings. The summed E-state index contributed by atoms with van der Waals surface area (Å²) in [5, 5.41) is 11.9. The molecular formula is C10H11Cl2N5. The second-order valence-corrected chi connectivity index (χ2v) is 4.35. The summed E-state index contributed by atoms with van der Waals surface area (Å²) in [5.74, 6) is 1.24. The number of aromatic nitrogens is 3. The van der Waals surface area contributed by atoms with E-state index in [1.165, 1.54) is 0 Å². The lowest BCUT2D eigenvalue weighted by Crippen LogP contribution is -2.01. The minimum absolute atomic E-state index is 0.404. The van der Waals surface area contributed by atoms with E-state index in [0.717, 1.165) is 0 Å². The van der Waals surface area contributed by atoms with Crippen molar-refractivity contribution in [2.75, 3.05) is 18.1 Å². The lowest BCUT2D eigenvalue weighted by Gasteiger charge is -2.08. The molecule has 0 amide bonds. The molecule has 2 rings (SSSR count). The van der Waals surface area contributed by atoms with Crippen LogP contribution in [0.2, 0.25) is 10.0 Å². The topological polar surface area (TPSA) is 68.8 Å². The normalized spacial score (nSPS) is 10.6. The molecule has 0 spiro atoms. The third-order valence-corrected chi connectivity index (χ3v) is 2.96. The molecule has 0 saturated heterocycles. The van der Waals surface area contributed by atoms with E-state index >= 15 is 0 Å². The first kappa shape index (κ1) is 12.0. The molecule has 1 aromatic carbocycles. The first-order valence-corrected chi connectivity index (χ1v) is 5.62. The third-order valence-electron chi connectivity index (χ3n) is 2.43. The Morgan fingerprint density at radius 2 is 2.00 bits per heavy atom. The van der Waals surface area contributed by atoms with Crippen molar-refractivity contribution < 1.29 is 0 Å². The van der Waals surface area contributed by atoms with Gasteiger partial charge in [-0.2, -0.15) is 0 Å². The van der Waals surface area contributed by atoms with Gasteiger partial charge >= 0.3 is 0 Å². The Morgan fingerprint density at radius 3 is 2.59 bits per heavy atom. The minimum Gasteiger partial charge on any atom is -0.397 e. The largest absolute Gasteiger partial charge is 0.397 e. The molecule has 1 aromatic heterocycles. The van der Waals surface area contributed by atoms with Gasteiger partial charge in [0.15, 0.2) is 5.82 Å². The smallest absolute Gasteiger partial charge is 0.224 e. The zero-order valence-electron chi connectivity index (χ0n) is 9.33. The van der Waals surface area contributed by atoms with Crippen LogP contribution in [0.15, 0.2) is 12.1 Å². The van der Waals surface area contributed by atoms with E-state index in [1.54, 1.807) is 23.7 Å². The van der Waals surface area contributed by atoms with E-state index in [1.807, 2.05) is 7.05 Å². The highest BCUT2D eigenvalue weighted by atomic mass is 35.5. The molecule has 17 heavy (non-hydrogen) atoms. The zero-order chi connectivity index (χ0) is 12.6. The number of nitrogens with zero attached hydrogens (tertiary/aromatic N) is 3. The molecule has 0 saturated carbocycles. The minimum atomic E-state index is 0.404. The van der Waals surface area contributed by atoms with Crippen molar-refractivity contribution in [2.45, 2.75) is 0 Å². The van der Waals surface area contributed by atoms with Crippen LogP contribution in [0.1, 0.15) is 0 Å². The van der Waals surface area contributed by atoms with E-state index in [9.17, 15) is 0 Å². The summed E-state index contributed by atoms with van der Waals surface area (Å²) in [4.78, 5) is 0. The van der Waals surface area contributed by atoms with Crippen molar-refractivity contribution in [1.29, 1.82) is 0 Å². The van der Waals surface area contributed by atoms with E-state index in [0.29, 0.717) is 33.1 Å². The second-order valence-electron chi connectivity index (χ2n) is 3.51. The highest BCUT2D eigenvalue weighted by molar-refractivity contribution is 6.37. The van der Waals surface area contributed by atoms with Gasteiger partial charge in [-0.05, 0) is 12.1 Å². The quantitative estimate of drug-likeness (QED) is 0.824. The first-order chi connectivity index (χ1) is 8.04. The number of benzene rings is 1. The maximum Gasteiger partial charge on any atom is 0.224 e. The van der Waals surface area contributed by atoms with Crippen molar-refractivity contribution >= 4 is 34.8 Å². The summed E-state index contributed by atoms with van der Waals surface area (Å²) in [7, 11) is 3.59. The highest BCUT2D eigenvalue weighted by Crippen LogP contribution is 2.34. The number of hydrogen-bond acceptors (Lipinski definition) is 4. The molecule has 0 fully saturated rings. The number of nitrogen functional groups attached to an aromatic ring is 1. The monoisotopic (exact) mass is 271 g/mol. The van der Waals surface area contributed by atoms with Gasteiger partial charge < -0.3 is 11.1 Å². The van der Waals surface area contributed by atoms with Gasteiger partial charge in [0.25, 0.3) is 0 Å². The van der Waals surface area contributed by atoms with Crippen molar-refractivity contribution in [3.05, 3.63) is 22.2 Å². The molecule has 5 nitrogen and oxygen atoms in total. The summed E-state index contributed by atoms with van der Waals surface area (Å²) >= 11 is 11.9. The van der Waals surface area contributed by atoms with Gasteiger partial charge in [0.2, 0.25) is 5.95 Å². The number of nitrogens with one attached hydrogen (secondary N) is 1. The molecule has 0 bridgehead atoms. The summed E-state index contributed by atoms with van der Waals surface area (Å²) in [6.07, 6.45) is 0. The third kappa shape index (κ3) is 2.03. The van der Waals surface area contributed by atoms with E-state index < -0.39 is 0 Å². The van der Waals surface area contributed by atoms with Crippen LogP contribution in [0.3, 0.4) is 0 Å². The Hall–Kier alpha value is -1.46. The Bertz CT molecular complexity index is 564. The van der Waals surface area contributed by atoms with Gasteiger partial charge in [-0.1, -0.05) is 23.2 Å². The fourth-order valence-electron chi connectivity index (χ4n) is 1.55. The van der Waals surface area contributed by atoms with Crippen LogP contribution < -0.4 is 11.1 Å². The molecular weight excluding hydrogens is 261 g/mol. The number of hydrogen-bond donors (Lipinski definition) is 2. The SMILES string of the molecule is CNc1nnc(-c2cc(Cl)cc(Cl)c2N)n1C. The average Bonchev–Trinajstić information content (AvgIpc) is 2.65. The maximum absolute atomic E-state index is 5.98. The Kier molecular flexibility index (Phi) is 3.13. The fraction of sp³-hybridized carbons (Fsp3) is 0.200. The van der Waals surface area contributed by atoms with Crippen LogP contribution >= 0.6 is 23.2 Å². The summed E-state index contributed by atoms with van der Waals surface area (Å²) in [5.41, 5.74) is 7.02. The molecule has 0 radical (unpaired) electrons. The van der Waals surface area contributed by atoms with Crippen LogP contribution in [0.5, 0.6) is 0 Å². The number of rotatable bonds is 2. The molecule has 90 valence electrons. The Morgan fingerprint density at radius 1 is 1.29 bits per heavy atom. The molecule has 0 aliphatic heterocycles. The predicted molar refractivity (Wildman–Crippen MR) is 70.4 cm³/mol. The van der Waals surface area contributed by atoms with Crippen LogP contribution in [0.25, 0.3) is 11.4 Å². The predicted octanol–water partition coefficient (Wildman–Crippen LogP) is 2.41. The summed E-state index contributed by atoms with van der Waals surface area (Å²) < 4.78 is 1.78. The maximum atomic E-state index is 5.98. The average molecular weight is 272 g/mol. The van der Waals surface area contributed by atoms with Crippen LogP contribution in [0.4, 0.5) is 11.6 Å². The summed E-state index contributed by atoms with van der Waals surface area (Å²) in [6, 6.07) is 3.31. The van der Waals surface area contributed by atoms with E-state index in [2.05, 4.69) is 15.5 Å². The molecule has 1 heterocycles. The molecule has 0 unspecified atom stereocenters. The zero-order valence-corrected chi connectivity index (χ0v) is 10.8. The molecule has 2 aromatic rings. The molecule has 0 atom stereocenters. The van der Waals surface area contributed by atoms with Crippen LogP contribution in [0, 0.1) is 0 Å². The van der Waals surface area contributed by atoms with E-state index in [-0.39, 0.29) is 0 Å². The molecule has 7 heteroatoms. The van der Waals surface area contributed by atoms with E-state index in [4.69, 9.17) is 28.9 Å². The number of nitrogens with two attached hydrogens (primary N) is 1. The molecule has 3 N–H and O–H groups in total. The van der Waals surface area contributed by atoms with Crippen LogP contribution in [-0.2, 0) is 7.05 Å². The Balaban J connectivity index is 2.64. The number of anilines is 2. The van der Waals surface area contributed by atoms with Gasteiger partial charge in [-0.15, -0.1) is 10.2 Å². The second kappa shape index (κ2) is 4.43. The van der Waals surface area contributed by atoms with Crippen molar-refractivity contribution in [3.63, 3.8) is 0 Å². The van der Waals surface area contributed by atoms with Gasteiger partial charge in [0.1, 0.15) is 0 Å². The lowest BCUT2D eigenvalue weighted by molar-refractivity contribution is 0.925. The number of halogens is 2. The Labute approximate surface area is 109 Å². The van der Waals surface area contributed by atoms with Crippen LogP contribution in [-0.4, -0.2) is 21.8 Å². The highest BCUT2D eigenvalue weighted by Gasteiger charge is 2.15. The standard InChI is InChI=1S/C10H11Cl2N5/c1-14-10-16-15-9(17(10)2)6-3-5(11)4-7(12)8(6)13/h3-4H,13H2,1-2H3,(H,14,16). The van der Waals surface area contributed by atoms with Gasteiger partial charge in [0.05, 0.1) is 10.7 Å². The van der Waals surface area contributed by atoms with Gasteiger partial charge in [-0.25, -0.2) is 0 Å².